The number of primary amides is 1. The molecule has 0 radical (unpaired) electrons. The maximum Gasteiger partial charge on any atom is 0.221 e. The normalized spacial score (nSPS) is 10.2. The highest BCUT2D eigenvalue weighted by molar-refractivity contribution is 5.80. The van der Waals surface area contributed by atoms with Crippen LogP contribution in [0.5, 0.6) is 0 Å². The second-order valence-electron chi connectivity index (χ2n) is 3.78. The van der Waals surface area contributed by atoms with Gasteiger partial charge in [0.1, 0.15) is 5.82 Å². The van der Waals surface area contributed by atoms with E-state index in [-0.39, 0.29) is 12.2 Å². The predicted molar refractivity (Wildman–Crippen MR) is 64.7 cm³/mol. The summed E-state index contributed by atoms with van der Waals surface area (Å²) in [4.78, 5) is 11.0. The highest BCUT2D eigenvalue weighted by atomic mass is 19.1. The number of amides is 1. The van der Waals surface area contributed by atoms with E-state index in [9.17, 15) is 9.18 Å². The van der Waals surface area contributed by atoms with Gasteiger partial charge >= 0.3 is 0 Å². The maximum atomic E-state index is 13.7. The molecule has 0 unspecified atom stereocenters. The highest BCUT2D eigenvalue weighted by Crippen LogP contribution is 2.26. The fourth-order valence-electron chi connectivity index (χ4n) is 1.80. The number of carbonyl (C=O) groups excluding carboxylic acids is 1. The molecule has 0 saturated carbocycles. The zero-order valence-electron chi connectivity index (χ0n) is 9.19. The Bertz CT molecular complexity index is 551. The van der Waals surface area contributed by atoms with Crippen molar-refractivity contribution in [1.29, 1.82) is 0 Å². The molecule has 0 aliphatic rings. The molecule has 2 aromatic carbocycles. The molecule has 2 rings (SSSR count). The molecule has 0 aliphatic carbocycles. The first-order chi connectivity index (χ1) is 8.18. The van der Waals surface area contributed by atoms with Crippen molar-refractivity contribution in [1.82, 2.24) is 0 Å². The van der Waals surface area contributed by atoms with Gasteiger partial charge in [0.15, 0.2) is 0 Å². The van der Waals surface area contributed by atoms with Crippen molar-refractivity contribution < 1.29 is 9.18 Å². The van der Waals surface area contributed by atoms with Crippen molar-refractivity contribution in [3.63, 3.8) is 0 Å². The summed E-state index contributed by atoms with van der Waals surface area (Å²) >= 11 is 0. The summed E-state index contributed by atoms with van der Waals surface area (Å²) in [6.45, 7) is 0. The van der Waals surface area contributed by atoms with E-state index in [1.54, 1.807) is 30.3 Å². The molecule has 86 valence electrons. The Morgan fingerprint density at radius 3 is 2.24 bits per heavy atom. The first-order valence-corrected chi connectivity index (χ1v) is 5.29. The quantitative estimate of drug-likeness (QED) is 0.863. The van der Waals surface area contributed by atoms with Crippen LogP contribution in [0.15, 0.2) is 48.5 Å². The first kappa shape index (κ1) is 11.3. The van der Waals surface area contributed by atoms with Gasteiger partial charge < -0.3 is 5.73 Å². The van der Waals surface area contributed by atoms with Crippen molar-refractivity contribution in [3.8, 4) is 11.1 Å². The summed E-state index contributed by atoms with van der Waals surface area (Å²) in [5.74, 6) is -0.724. The fraction of sp³-hybridized carbons (Fsp3) is 0.0714. The van der Waals surface area contributed by atoms with Crippen molar-refractivity contribution in [3.05, 3.63) is 59.9 Å². The van der Waals surface area contributed by atoms with E-state index in [0.717, 1.165) is 5.56 Å². The van der Waals surface area contributed by atoms with Crippen LogP contribution in [0.3, 0.4) is 0 Å². The van der Waals surface area contributed by atoms with Gasteiger partial charge in [-0.05, 0) is 17.2 Å². The first-order valence-electron chi connectivity index (χ1n) is 5.29. The van der Waals surface area contributed by atoms with Crippen LogP contribution in [-0.4, -0.2) is 5.91 Å². The molecule has 0 aliphatic heterocycles. The van der Waals surface area contributed by atoms with E-state index >= 15 is 0 Å². The van der Waals surface area contributed by atoms with Crippen LogP contribution in [0.2, 0.25) is 0 Å². The largest absolute Gasteiger partial charge is 0.369 e. The Balaban J connectivity index is 2.52. The lowest BCUT2D eigenvalue weighted by Crippen LogP contribution is -2.14. The van der Waals surface area contributed by atoms with E-state index in [1.807, 2.05) is 12.1 Å². The fourth-order valence-corrected chi connectivity index (χ4v) is 1.80. The van der Waals surface area contributed by atoms with Crippen LogP contribution < -0.4 is 5.73 Å². The van der Waals surface area contributed by atoms with E-state index in [2.05, 4.69) is 0 Å². The third-order valence-electron chi connectivity index (χ3n) is 2.55. The number of hydrogen-bond acceptors (Lipinski definition) is 1. The topological polar surface area (TPSA) is 43.1 Å². The molecular weight excluding hydrogens is 217 g/mol. The molecule has 2 N–H and O–H groups in total. The second kappa shape index (κ2) is 4.78. The Kier molecular flexibility index (Phi) is 3.19. The molecular formula is C14H12FNO. The summed E-state index contributed by atoms with van der Waals surface area (Å²) in [7, 11) is 0. The lowest BCUT2D eigenvalue weighted by molar-refractivity contribution is -0.117. The number of rotatable bonds is 3. The average Bonchev–Trinajstić information content (AvgIpc) is 2.30. The summed E-state index contributed by atoms with van der Waals surface area (Å²) < 4.78 is 13.7. The molecule has 17 heavy (non-hydrogen) atoms. The van der Waals surface area contributed by atoms with Crippen molar-refractivity contribution in [2.75, 3.05) is 0 Å². The molecule has 0 atom stereocenters. The molecule has 1 amide bonds. The number of carbonyl (C=O) groups is 1. The third kappa shape index (κ3) is 2.50. The minimum atomic E-state index is -0.422. The molecule has 2 aromatic rings. The minimum absolute atomic E-state index is 0.116. The van der Waals surface area contributed by atoms with Crippen molar-refractivity contribution >= 4 is 5.91 Å². The maximum absolute atomic E-state index is 13.7. The number of benzene rings is 2. The molecule has 0 bridgehead atoms. The molecule has 2 nitrogen and oxygen atoms in total. The van der Waals surface area contributed by atoms with Crippen LogP contribution in [-0.2, 0) is 11.2 Å². The van der Waals surface area contributed by atoms with Crippen LogP contribution in [0.1, 0.15) is 5.56 Å². The van der Waals surface area contributed by atoms with Gasteiger partial charge in [0, 0.05) is 5.56 Å². The van der Waals surface area contributed by atoms with E-state index < -0.39 is 5.91 Å². The second-order valence-corrected chi connectivity index (χ2v) is 3.78. The highest BCUT2D eigenvalue weighted by Gasteiger charge is 2.10. The summed E-state index contributed by atoms with van der Waals surface area (Å²) in [5.41, 5.74) is 7.12. The SMILES string of the molecule is NC(=O)Cc1ccccc1-c1ccccc1F. The molecule has 0 aromatic heterocycles. The zero-order valence-corrected chi connectivity index (χ0v) is 9.19. The molecule has 0 fully saturated rings. The van der Waals surface area contributed by atoms with Crippen LogP contribution >= 0.6 is 0 Å². The molecule has 3 heteroatoms. The Hall–Kier alpha value is -2.16. The zero-order chi connectivity index (χ0) is 12.3. The minimum Gasteiger partial charge on any atom is -0.369 e. The van der Waals surface area contributed by atoms with Gasteiger partial charge in [-0.1, -0.05) is 42.5 Å². The number of halogens is 1. The van der Waals surface area contributed by atoms with Gasteiger partial charge in [0.05, 0.1) is 6.42 Å². The lowest BCUT2D eigenvalue weighted by Gasteiger charge is -2.08. The summed E-state index contributed by atoms with van der Waals surface area (Å²) in [6, 6.07) is 13.7. The molecule has 0 heterocycles. The summed E-state index contributed by atoms with van der Waals surface area (Å²) in [5, 5.41) is 0. The standard InChI is InChI=1S/C14H12FNO/c15-13-8-4-3-7-12(13)11-6-2-1-5-10(11)9-14(16)17/h1-8H,9H2,(H2,16,17). The molecule has 0 spiro atoms. The third-order valence-corrected chi connectivity index (χ3v) is 2.55. The van der Waals surface area contributed by atoms with Gasteiger partial charge in [0.2, 0.25) is 5.91 Å². The number of hydrogen-bond donors (Lipinski definition) is 1. The Labute approximate surface area is 98.9 Å². The summed E-state index contributed by atoms with van der Waals surface area (Å²) in [6.07, 6.45) is 0.116. The Morgan fingerprint density at radius 2 is 1.59 bits per heavy atom. The van der Waals surface area contributed by atoms with E-state index in [0.29, 0.717) is 11.1 Å². The van der Waals surface area contributed by atoms with Gasteiger partial charge in [-0.3, -0.25) is 4.79 Å². The van der Waals surface area contributed by atoms with Crippen molar-refractivity contribution in [2.24, 2.45) is 5.73 Å². The van der Waals surface area contributed by atoms with Crippen LogP contribution in [0, 0.1) is 5.82 Å². The van der Waals surface area contributed by atoms with E-state index in [4.69, 9.17) is 5.73 Å². The number of nitrogens with two attached hydrogens (primary N) is 1. The predicted octanol–water partition coefficient (Wildman–Crippen LogP) is 2.52. The Morgan fingerprint density at radius 1 is 1.00 bits per heavy atom. The van der Waals surface area contributed by atoms with Gasteiger partial charge in [0.25, 0.3) is 0 Å². The van der Waals surface area contributed by atoms with Gasteiger partial charge in [-0.25, -0.2) is 4.39 Å². The van der Waals surface area contributed by atoms with Crippen LogP contribution in [0.4, 0.5) is 4.39 Å². The van der Waals surface area contributed by atoms with E-state index in [1.165, 1.54) is 6.07 Å². The van der Waals surface area contributed by atoms with Crippen molar-refractivity contribution in [2.45, 2.75) is 6.42 Å². The average molecular weight is 229 g/mol. The van der Waals surface area contributed by atoms with Crippen LogP contribution in [0.25, 0.3) is 11.1 Å². The van der Waals surface area contributed by atoms with Gasteiger partial charge in [-0.2, -0.15) is 0 Å². The smallest absolute Gasteiger partial charge is 0.221 e. The van der Waals surface area contributed by atoms with Gasteiger partial charge in [-0.15, -0.1) is 0 Å². The molecule has 0 saturated heterocycles. The monoisotopic (exact) mass is 229 g/mol. The lowest BCUT2D eigenvalue weighted by atomic mass is 9.97.